The maximum atomic E-state index is 11.6. The van der Waals surface area contributed by atoms with Crippen LogP contribution in [0.2, 0.25) is 0 Å². The Hall–Kier alpha value is -0.830. The van der Waals surface area contributed by atoms with Crippen molar-refractivity contribution in [3.63, 3.8) is 0 Å². The molecular formula is C14H26N2O. The molecule has 1 aliphatic carbocycles. The Labute approximate surface area is 105 Å². The van der Waals surface area contributed by atoms with Crippen LogP contribution in [0.5, 0.6) is 0 Å². The van der Waals surface area contributed by atoms with Crippen LogP contribution in [0.1, 0.15) is 39.0 Å². The fraction of sp³-hybridized carbons (Fsp3) is 0.786. The standard InChI is InChI=1S/C14H26N2O/c1-4-12-7-9-13(10-8-12)15-14(17)6-5-11-16(2)3/h5-6,12-13H,4,7-11H2,1-3H3,(H,15,17)/b6-5+. The first kappa shape index (κ1) is 14.2. The van der Waals surface area contributed by atoms with Gasteiger partial charge in [0.25, 0.3) is 0 Å². The summed E-state index contributed by atoms with van der Waals surface area (Å²) >= 11 is 0. The van der Waals surface area contributed by atoms with E-state index in [4.69, 9.17) is 0 Å². The van der Waals surface area contributed by atoms with Gasteiger partial charge in [-0.05, 0) is 45.7 Å². The van der Waals surface area contributed by atoms with Crippen molar-refractivity contribution in [2.75, 3.05) is 20.6 Å². The minimum absolute atomic E-state index is 0.0619. The van der Waals surface area contributed by atoms with Crippen molar-refractivity contribution in [1.82, 2.24) is 10.2 Å². The summed E-state index contributed by atoms with van der Waals surface area (Å²) in [6, 6.07) is 0.398. The maximum Gasteiger partial charge on any atom is 0.243 e. The van der Waals surface area contributed by atoms with Crippen LogP contribution in [-0.4, -0.2) is 37.5 Å². The molecule has 1 saturated carbocycles. The molecule has 0 bridgehead atoms. The van der Waals surface area contributed by atoms with Gasteiger partial charge in [0.1, 0.15) is 0 Å². The predicted octanol–water partition coefficient (Wildman–Crippen LogP) is 2.19. The molecule has 0 unspecified atom stereocenters. The molecule has 3 nitrogen and oxygen atoms in total. The number of carbonyl (C=O) groups is 1. The lowest BCUT2D eigenvalue weighted by molar-refractivity contribution is -0.117. The van der Waals surface area contributed by atoms with Crippen molar-refractivity contribution < 1.29 is 4.79 Å². The van der Waals surface area contributed by atoms with E-state index in [-0.39, 0.29) is 5.91 Å². The van der Waals surface area contributed by atoms with Crippen LogP contribution in [0.4, 0.5) is 0 Å². The van der Waals surface area contributed by atoms with E-state index >= 15 is 0 Å². The lowest BCUT2D eigenvalue weighted by Gasteiger charge is -2.28. The Balaban J connectivity index is 2.21. The molecule has 0 radical (unpaired) electrons. The van der Waals surface area contributed by atoms with E-state index < -0.39 is 0 Å². The van der Waals surface area contributed by atoms with Crippen molar-refractivity contribution in [3.8, 4) is 0 Å². The second-order valence-corrected chi connectivity index (χ2v) is 5.30. The van der Waals surface area contributed by atoms with E-state index in [1.807, 2.05) is 25.1 Å². The van der Waals surface area contributed by atoms with Crippen molar-refractivity contribution in [2.24, 2.45) is 5.92 Å². The third-order valence-electron chi connectivity index (χ3n) is 3.51. The van der Waals surface area contributed by atoms with Crippen LogP contribution in [-0.2, 0) is 4.79 Å². The van der Waals surface area contributed by atoms with Gasteiger partial charge in [0.2, 0.25) is 5.91 Å². The van der Waals surface area contributed by atoms with Gasteiger partial charge in [-0.3, -0.25) is 4.79 Å². The minimum atomic E-state index is 0.0619. The highest BCUT2D eigenvalue weighted by atomic mass is 16.1. The van der Waals surface area contributed by atoms with Crippen LogP contribution in [0.3, 0.4) is 0 Å². The fourth-order valence-electron chi connectivity index (χ4n) is 2.33. The molecule has 0 atom stereocenters. The lowest BCUT2D eigenvalue weighted by atomic mass is 9.84. The van der Waals surface area contributed by atoms with E-state index in [1.165, 1.54) is 19.3 Å². The number of carbonyl (C=O) groups excluding carboxylic acids is 1. The average molecular weight is 238 g/mol. The first-order valence-corrected chi connectivity index (χ1v) is 6.73. The van der Waals surface area contributed by atoms with Crippen LogP contribution < -0.4 is 5.32 Å². The molecule has 1 N–H and O–H groups in total. The number of hydrogen-bond donors (Lipinski definition) is 1. The summed E-state index contributed by atoms with van der Waals surface area (Å²) in [6.45, 7) is 3.07. The highest BCUT2D eigenvalue weighted by Gasteiger charge is 2.20. The van der Waals surface area contributed by atoms with Crippen LogP contribution in [0, 0.1) is 5.92 Å². The van der Waals surface area contributed by atoms with E-state index in [2.05, 4.69) is 12.2 Å². The normalized spacial score (nSPS) is 25.4. The maximum absolute atomic E-state index is 11.6. The molecule has 0 spiro atoms. The molecule has 1 aliphatic rings. The summed E-state index contributed by atoms with van der Waals surface area (Å²) in [5.74, 6) is 0.944. The average Bonchev–Trinajstić information content (AvgIpc) is 2.29. The van der Waals surface area contributed by atoms with Crippen LogP contribution in [0.15, 0.2) is 12.2 Å². The van der Waals surface area contributed by atoms with Crippen molar-refractivity contribution in [2.45, 2.75) is 45.1 Å². The fourth-order valence-corrected chi connectivity index (χ4v) is 2.33. The quantitative estimate of drug-likeness (QED) is 0.745. The van der Waals surface area contributed by atoms with Gasteiger partial charge in [-0.25, -0.2) is 0 Å². The van der Waals surface area contributed by atoms with Gasteiger partial charge in [-0.15, -0.1) is 0 Å². The summed E-state index contributed by atoms with van der Waals surface area (Å²) in [5, 5.41) is 3.09. The molecule has 0 aromatic carbocycles. The molecular weight excluding hydrogens is 212 g/mol. The van der Waals surface area contributed by atoms with Crippen molar-refractivity contribution in [1.29, 1.82) is 0 Å². The van der Waals surface area contributed by atoms with E-state index in [0.717, 1.165) is 25.3 Å². The van der Waals surface area contributed by atoms with Crippen molar-refractivity contribution in [3.05, 3.63) is 12.2 Å². The highest BCUT2D eigenvalue weighted by Crippen LogP contribution is 2.26. The lowest BCUT2D eigenvalue weighted by Crippen LogP contribution is -2.36. The molecule has 1 fully saturated rings. The van der Waals surface area contributed by atoms with Crippen molar-refractivity contribution >= 4 is 5.91 Å². The number of nitrogens with one attached hydrogen (secondary N) is 1. The van der Waals surface area contributed by atoms with E-state index in [9.17, 15) is 4.79 Å². The Morgan fingerprint density at radius 3 is 2.47 bits per heavy atom. The van der Waals surface area contributed by atoms with Gasteiger partial charge < -0.3 is 10.2 Å². The number of nitrogens with zero attached hydrogens (tertiary/aromatic N) is 1. The second kappa shape index (κ2) is 7.49. The van der Waals surface area contributed by atoms with Gasteiger partial charge in [0.15, 0.2) is 0 Å². The number of rotatable bonds is 5. The smallest absolute Gasteiger partial charge is 0.243 e. The zero-order valence-corrected chi connectivity index (χ0v) is 11.4. The summed E-state index contributed by atoms with van der Waals surface area (Å²) in [6.07, 6.45) is 9.67. The molecule has 3 heteroatoms. The first-order chi connectivity index (χ1) is 8.11. The van der Waals surface area contributed by atoms with Crippen LogP contribution in [0.25, 0.3) is 0 Å². The number of hydrogen-bond acceptors (Lipinski definition) is 2. The van der Waals surface area contributed by atoms with Gasteiger partial charge in [-0.1, -0.05) is 19.4 Å². The molecule has 0 aliphatic heterocycles. The highest BCUT2D eigenvalue weighted by molar-refractivity contribution is 5.87. The topological polar surface area (TPSA) is 32.3 Å². The molecule has 1 rings (SSSR count). The van der Waals surface area contributed by atoms with E-state index in [0.29, 0.717) is 6.04 Å². The third-order valence-corrected chi connectivity index (χ3v) is 3.51. The Morgan fingerprint density at radius 1 is 1.29 bits per heavy atom. The largest absolute Gasteiger partial charge is 0.350 e. The van der Waals surface area contributed by atoms with Gasteiger partial charge in [0, 0.05) is 18.7 Å². The molecule has 98 valence electrons. The molecule has 1 amide bonds. The summed E-state index contributed by atoms with van der Waals surface area (Å²) in [5.41, 5.74) is 0. The monoisotopic (exact) mass is 238 g/mol. The summed E-state index contributed by atoms with van der Waals surface area (Å²) < 4.78 is 0. The third kappa shape index (κ3) is 5.87. The second-order valence-electron chi connectivity index (χ2n) is 5.30. The van der Waals surface area contributed by atoms with Gasteiger partial charge in [-0.2, -0.15) is 0 Å². The summed E-state index contributed by atoms with van der Waals surface area (Å²) in [4.78, 5) is 13.7. The minimum Gasteiger partial charge on any atom is -0.350 e. The van der Waals surface area contributed by atoms with Crippen LogP contribution >= 0.6 is 0 Å². The zero-order valence-electron chi connectivity index (χ0n) is 11.4. The molecule has 0 aromatic rings. The Morgan fingerprint density at radius 2 is 1.94 bits per heavy atom. The Bertz CT molecular complexity index is 253. The number of amides is 1. The molecule has 17 heavy (non-hydrogen) atoms. The molecule has 0 aromatic heterocycles. The zero-order chi connectivity index (χ0) is 12.7. The predicted molar refractivity (Wildman–Crippen MR) is 71.9 cm³/mol. The SMILES string of the molecule is CCC1CCC(NC(=O)/C=C/CN(C)C)CC1. The summed E-state index contributed by atoms with van der Waals surface area (Å²) in [7, 11) is 3.99. The van der Waals surface area contributed by atoms with Gasteiger partial charge >= 0.3 is 0 Å². The molecule has 0 heterocycles. The van der Waals surface area contributed by atoms with E-state index in [1.54, 1.807) is 6.08 Å². The molecule has 0 saturated heterocycles. The Kier molecular flexibility index (Phi) is 6.27. The van der Waals surface area contributed by atoms with Gasteiger partial charge in [0.05, 0.1) is 0 Å². The number of likely N-dealkylation sites (N-methyl/N-ethyl adjacent to an activating group) is 1. The first-order valence-electron chi connectivity index (χ1n) is 6.73.